The van der Waals surface area contributed by atoms with Gasteiger partial charge in [-0.3, -0.25) is 0 Å². The number of hydrogen-bond donors (Lipinski definition) is 0. The van der Waals surface area contributed by atoms with E-state index in [1.165, 1.54) is 0 Å². The maximum Gasteiger partial charge on any atom is 0.170 e. The van der Waals surface area contributed by atoms with E-state index in [1.54, 1.807) is 0 Å². The van der Waals surface area contributed by atoms with Crippen LogP contribution in [-0.2, 0) is 0 Å². The lowest BCUT2D eigenvalue weighted by Crippen LogP contribution is -1.59. The van der Waals surface area contributed by atoms with Crippen molar-refractivity contribution in [3.05, 3.63) is 30.3 Å². The molecule has 2 rings (SSSR count). The van der Waals surface area contributed by atoms with Crippen LogP contribution in [-0.4, -0.2) is 0 Å². The van der Waals surface area contributed by atoms with Gasteiger partial charge in [0.25, 0.3) is 0 Å². The molecule has 1 aliphatic rings. The molecular weight excluding hydrogens is 112 g/mol. The highest BCUT2D eigenvalue weighted by atomic mass is 16.6. The Morgan fingerprint density at radius 2 is 2.22 bits per heavy atom. The van der Waals surface area contributed by atoms with E-state index in [0.29, 0.717) is 0 Å². The second-order valence-electron chi connectivity index (χ2n) is 2.01. The molecule has 0 unspecified atom stereocenters. The van der Waals surface area contributed by atoms with Gasteiger partial charge >= 0.3 is 0 Å². The second-order valence-corrected chi connectivity index (χ2v) is 2.01. The zero-order valence-corrected chi connectivity index (χ0v) is 4.92. The summed E-state index contributed by atoms with van der Waals surface area (Å²) in [5, 5.41) is 0. The molecule has 0 aliphatic carbocycles. The predicted molar refractivity (Wildman–Crippen MR) is 36.6 cm³/mol. The molecule has 1 heterocycles. The molecule has 0 bridgehead atoms. The monoisotopic (exact) mass is 118 g/mol. The van der Waals surface area contributed by atoms with E-state index in [-0.39, 0.29) is 0 Å². The van der Waals surface area contributed by atoms with Crippen LogP contribution in [0.15, 0.2) is 24.8 Å². The summed E-state index contributed by atoms with van der Waals surface area (Å²) in [5.41, 5.74) is 1.12. The second kappa shape index (κ2) is 1.38. The minimum Gasteiger partial charge on any atom is -0.449 e. The molecule has 9 heavy (non-hydrogen) atoms. The predicted octanol–water partition coefficient (Wildman–Crippen LogP) is 2.44. The van der Waals surface area contributed by atoms with E-state index in [4.69, 9.17) is 4.74 Å². The molecule has 0 saturated carbocycles. The average molecular weight is 118 g/mol. The molecule has 1 nitrogen and oxygen atoms in total. The van der Waals surface area contributed by atoms with Gasteiger partial charge in [-0.05, 0) is 17.7 Å². The molecule has 1 heteroatoms. The van der Waals surface area contributed by atoms with Crippen molar-refractivity contribution in [3.8, 4) is 11.5 Å². The molecular formula is C8H6O. The van der Waals surface area contributed by atoms with Crippen LogP contribution in [0.4, 0.5) is 0 Å². The minimum atomic E-state index is 0.993. The summed E-state index contributed by atoms with van der Waals surface area (Å²) in [6, 6.07) is 5.91. The Hall–Kier alpha value is -1.24. The van der Waals surface area contributed by atoms with Gasteiger partial charge < -0.3 is 4.74 Å². The van der Waals surface area contributed by atoms with Gasteiger partial charge in [0.1, 0.15) is 0 Å². The smallest absolute Gasteiger partial charge is 0.170 e. The van der Waals surface area contributed by atoms with Crippen LogP contribution in [0.5, 0.6) is 11.5 Å². The van der Waals surface area contributed by atoms with E-state index >= 15 is 0 Å². The van der Waals surface area contributed by atoms with E-state index in [9.17, 15) is 0 Å². The van der Waals surface area contributed by atoms with Crippen LogP contribution in [0, 0.1) is 0 Å². The highest BCUT2D eigenvalue weighted by Crippen LogP contribution is 2.45. The van der Waals surface area contributed by atoms with E-state index in [2.05, 4.69) is 6.58 Å². The molecule has 0 amide bonds. The van der Waals surface area contributed by atoms with Gasteiger partial charge in [0, 0.05) is 0 Å². The summed E-state index contributed by atoms with van der Waals surface area (Å²) in [6.45, 7) is 3.64. The Morgan fingerprint density at radius 1 is 1.33 bits per heavy atom. The van der Waals surface area contributed by atoms with Gasteiger partial charge in [0.05, 0.1) is 0 Å². The van der Waals surface area contributed by atoms with Gasteiger partial charge in [-0.1, -0.05) is 18.7 Å². The van der Waals surface area contributed by atoms with Crippen LogP contribution in [0.25, 0.3) is 6.08 Å². The Labute approximate surface area is 53.6 Å². The molecule has 0 atom stereocenters. The zero-order chi connectivity index (χ0) is 6.27. The third-order valence-electron chi connectivity index (χ3n) is 1.38. The topological polar surface area (TPSA) is 12.5 Å². The lowest BCUT2D eigenvalue weighted by Gasteiger charge is -1.81. The molecule has 1 aliphatic heterocycles. The number of hydrogen-bond acceptors (Lipinski definition) is 1. The van der Waals surface area contributed by atoms with Crippen molar-refractivity contribution < 1.29 is 4.74 Å². The molecule has 44 valence electrons. The van der Waals surface area contributed by atoms with Crippen molar-refractivity contribution in [3.63, 3.8) is 0 Å². The van der Waals surface area contributed by atoms with Crippen molar-refractivity contribution in [2.24, 2.45) is 0 Å². The van der Waals surface area contributed by atoms with Crippen molar-refractivity contribution >= 4 is 6.08 Å². The van der Waals surface area contributed by atoms with Crippen LogP contribution in [0.3, 0.4) is 0 Å². The summed E-state index contributed by atoms with van der Waals surface area (Å²) in [6.07, 6.45) is 1.81. The van der Waals surface area contributed by atoms with E-state index in [1.807, 2.05) is 24.3 Å². The average Bonchev–Trinajstić information content (AvgIpc) is 2.64. The van der Waals surface area contributed by atoms with Crippen molar-refractivity contribution in [1.29, 1.82) is 0 Å². The zero-order valence-electron chi connectivity index (χ0n) is 4.92. The number of benzene rings is 1. The summed E-state index contributed by atoms with van der Waals surface area (Å²) in [4.78, 5) is 0. The Bertz CT molecular complexity index is 263. The summed E-state index contributed by atoms with van der Waals surface area (Å²) in [5.74, 6) is 1.99. The van der Waals surface area contributed by atoms with Crippen molar-refractivity contribution in [2.75, 3.05) is 0 Å². The summed E-state index contributed by atoms with van der Waals surface area (Å²) < 4.78 is 5.03. The van der Waals surface area contributed by atoms with Gasteiger partial charge in [-0.15, -0.1) is 0 Å². The largest absolute Gasteiger partial charge is 0.449 e. The highest BCUT2D eigenvalue weighted by molar-refractivity contribution is 5.61. The summed E-state index contributed by atoms with van der Waals surface area (Å²) in [7, 11) is 0. The van der Waals surface area contributed by atoms with Gasteiger partial charge in [0.2, 0.25) is 0 Å². The van der Waals surface area contributed by atoms with Crippen LogP contribution in [0.2, 0.25) is 0 Å². The lowest BCUT2D eigenvalue weighted by molar-refractivity contribution is 0.649. The van der Waals surface area contributed by atoms with Crippen LogP contribution < -0.4 is 4.74 Å². The third kappa shape index (κ3) is 0.617. The molecule has 0 spiro atoms. The number of rotatable bonds is 1. The van der Waals surface area contributed by atoms with Gasteiger partial charge in [0.15, 0.2) is 11.5 Å². The molecule has 0 fully saturated rings. The molecule has 1 aromatic rings. The lowest BCUT2D eigenvalue weighted by atomic mass is 10.2. The third-order valence-corrected chi connectivity index (χ3v) is 1.38. The van der Waals surface area contributed by atoms with E-state index in [0.717, 1.165) is 17.1 Å². The standard InChI is InChI=1S/C8H6O/c1-2-6-3-4-7-8(5-6)9-7/h2-5H,1H2. The first-order valence-corrected chi connectivity index (χ1v) is 2.84. The fraction of sp³-hybridized carbons (Fsp3) is 0. The van der Waals surface area contributed by atoms with E-state index < -0.39 is 0 Å². The van der Waals surface area contributed by atoms with Crippen molar-refractivity contribution in [1.82, 2.24) is 0 Å². The van der Waals surface area contributed by atoms with Gasteiger partial charge in [-0.25, -0.2) is 0 Å². The summed E-state index contributed by atoms with van der Waals surface area (Å²) >= 11 is 0. The first-order valence-electron chi connectivity index (χ1n) is 2.84. The highest BCUT2D eigenvalue weighted by Gasteiger charge is 2.17. The Morgan fingerprint density at radius 3 is 2.89 bits per heavy atom. The maximum atomic E-state index is 5.03. The number of ether oxygens (including phenoxy) is 1. The van der Waals surface area contributed by atoms with Crippen LogP contribution >= 0.6 is 0 Å². The first-order chi connectivity index (χ1) is 4.40. The molecule has 1 aromatic carbocycles. The fourth-order valence-electron chi connectivity index (χ4n) is 0.808. The quantitative estimate of drug-likeness (QED) is 0.524. The Balaban J connectivity index is 2.55. The van der Waals surface area contributed by atoms with Gasteiger partial charge in [-0.2, -0.15) is 0 Å². The molecule has 0 aromatic heterocycles. The van der Waals surface area contributed by atoms with Crippen LogP contribution in [0.1, 0.15) is 5.56 Å². The molecule has 0 N–H and O–H groups in total. The molecule has 0 saturated heterocycles. The first kappa shape index (κ1) is 4.62. The number of fused-ring (bicyclic) bond motifs is 1. The fourth-order valence-corrected chi connectivity index (χ4v) is 0.808. The Kier molecular flexibility index (Phi) is 0.707. The minimum absolute atomic E-state index is 0.993. The normalized spacial score (nSPS) is 11.6. The van der Waals surface area contributed by atoms with Crippen molar-refractivity contribution in [2.45, 2.75) is 0 Å². The molecule has 0 radical (unpaired) electrons. The maximum absolute atomic E-state index is 5.03. The SMILES string of the molecule is C=Cc1ccc2c(c1)O2.